The second-order valence-electron chi connectivity index (χ2n) is 14.9. The molecule has 0 saturated carbocycles. The summed E-state index contributed by atoms with van der Waals surface area (Å²) in [6, 6.07) is 74.9. The largest absolute Gasteiger partial charge is 0.309 e. The molecule has 3 aromatic heterocycles. The number of rotatable bonds is 5. The topological polar surface area (TPSA) is 35.6 Å². The Morgan fingerprint density at radius 1 is 0.386 bits per heavy atom. The van der Waals surface area contributed by atoms with E-state index >= 15 is 0 Å². The van der Waals surface area contributed by atoms with Crippen molar-refractivity contribution in [3.63, 3.8) is 0 Å². The van der Waals surface area contributed by atoms with E-state index in [1.54, 1.807) is 0 Å². The Bertz CT molecular complexity index is 3290. The zero-order chi connectivity index (χ0) is 37.5. The maximum Gasteiger partial charge on any atom is 0.187 e. The van der Waals surface area contributed by atoms with Crippen LogP contribution in [0.1, 0.15) is 0 Å². The van der Waals surface area contributed by atoms with Gasteiger partial charge in [-0.05, 0) is 52.0 Å². The predicted octanol–water partition coefficient (Wildman–Crippen LogP) is 9.70. The van der Waals surface area contributed by atoms with Crippen LogP contribution < -0.4 is 20.7 Å². The SMILES string of the molecule is c1ccc(-c2nc3c(c(-n4c5ccccc5c5cc6c7ccccc7n(-c7ccccc7)c6cc54)n2)[Si](c2ccccc2)(c2ccccc2)c2ccccc2-3)cc1. The Morgan fingerprint density at radius 2 is 0.895 bits per heavy atom. The van der Waals surface area contributed by atoms with Gasteiger partial charge in [-0.3, -0.25) is 4.57 Å². The summed E-state index contributed by atoms with van der Waals surface area (Å²) >= 11 is 0. The van der Waals surface area contributed by atoms with Crippen molar-refractivity contribution in [3.8, 4) is 34.2 Å². The van der Waals surface area contributed by atoms with E-state index in [9.17, 15) is 0 Å². The Morgan fingerprint density at radius 3 is 1.54 bits per heavy atom. The van der Waals surface area contributed by atoms with Crippen LogP contribution in [0, 0.1) is 0 Å². The number of hydrogen-bond donors (Lipinski definition) is 0. The summed E-state index contributed by atoms with van der Waals surface area (Å²) in [4.78, 5) is 11.4. The second kappa shape index (κ2) is 12.3. The van der Waals surface area contributed by atoms with Crippen molar-refractivity contribution in [2.24, 2.45) is 0 Å². The van der Waals surface area contributed by atoms with E-state index in [0.29, 0.717) is 0 Å². The Labute approximate surface area is 330 Å². The first-order valence-corrected chi connectivity index (χ1v) is 21.5. The van der Waals surface area contributed by atoms with Gasteiger partial charge in [0.25, 0.3) is 0 Å². The van der Waals surface area contributed by atoms with E-state index in [1.807, 2.05) is 0 Å². The first kappa shape index (κ1) is 32.0. The van der Waals surface area contributed by atoms with Crippen molar-refractivity contribution < 1.29 is 0 Å². The summed E-state index contributed by atoms with van der Waals surface area (Å²) < 4.78 is 4.87. The molecule has 1 aliphatic rings. The van der Waals surface area contributed by atoms with Gasteiger partial charge in [0, 0.05) is 43.5 Å². The molecule has 0 radical (unpaired) electrons. The van der Waals surface area contributed by atoms with E-state index in [4.69, 9.17) is 9.97 Å². The van der Waals surface area contributed by atoms with Gasteiger partial charge >= 0.3 is 0 Å². The van der Waals surface area contributed by atoms with Crippen molar-refractivity contribution in [1.29, 1.82) is 0 Å². The van der Waals surface area contributed by atoms with Gasteiger partial charge in [-0.15, -0.1) is 0 Å². The molecule has 4 nitrogen and oxygen atoms in total. The van der Waals surface area contributed by atoms with Gasteiger partial charge in [0.2, 0.25) is 0 Å². The van der Waals surface area contributed by atoms with Gasteiger partial charge in [0.15, 0.2) is 13.9 Å². The standard InChI is InChI=1S/C52H34N4Si/c1-5-19-35(20-6-1)51-53-49-41-29-15-18-32-48(41)57(37-23-9-3-10-24-37,38-25-11-4-12-26-38)50(49)52(54-51)56-45-31-17-14-28-40(45)43-33-42-39-27-13-16-30-44(39)55(46(42)34-47(43)56)36-21-7-2-8-22-36/h1-34H. The second-order valence-corrected chi connectivity index (χ2v) is 18.6. The zero-order valence-electron chi connectivity index (χ0n) is 30.9. The molecule has 4 heterocycles. The highest BCUT2D eigenvalue weighted by molar-refractivity contribution is 7.22. The van der Waals surface area contributed by atoms with Crippen LogP contribution in [0.4, 0.5) is 0 Å². The summed E-state index contributed by atoms with van der Waals surface area (Å²) in [6.45, 7) is 0. The number of para-hydroxylation sites is 3. The Hall–Kier alpha value is -7.34. The molecular weight excluding hydrogens is 709 g/mol. The summed E-state index contributed by atoms with van der Waals surface area (Å²) in [6.07, 6.45) is 0. The van der Waals surface area contributed by atoms with Crippen LogP contribution in [-0.4, -0.2) is 27.2 Å². The molecule has 0 bridgehead atoms. The fraction of sp³-hybridized carbons (Fsp3) is 0. The highest BCUT2D eigenvalue weighted by atomic mass is 28.3. The fourth-order valence-corrected chi connectivity index (χ4v) is 14.9. The number of nitrogens with zero attached hydrogens (tertiary/aromatic N) is 4. The molecule has 0 fully saturated rings. The molecule has 0 atom stereocenters. The highest BCUT2D eigenvalue weighted by Crippen LogP contribution is 2.41. The normalized spacial score (nSPS) is 13.1. The first-order valence-electron chi connectivity index (χ1n) is 19.5. The van der Waals surface area contributed by atoms with Gasteiger partial charge in [0.1, 0.15) is 5.82 Å². The number of hydrogen-bond acceptors (Lipinski definition) is 2. The van der Waals surface area contributed by atoms with Crippen molar-refractivity contribution in [2.75, 3.05) is 0 Å². The number of benzene rings is 8. The first-order chi connectivity index (χ1) is 28.3. The molecule has 8 aromatic carbocycles. The van der Waals surface area contributed by atoms with Gasteiger partial charge in [0.05, 0.1) is 27.8 Å². The van der Waals surface area contributed by atoms with Crippen LogP contribution in [0.15, 0.2) is 206 Å². The molecule has 0 unspecified atom stereocenters. The van der Waals surface area contributed by atoms with E-state index in [-0.39, 0.29) is 0 Å². The molecule has 0 aliphatic carbocycles. The van der Waals surface area contributed by atoms with Crippen molar-refractivity contribution in [3.05, 3.63) is 206 Å². The monoisotopic (exact) mass is 742 g/mol. The number of aromatic nitrogens is 4. The lowest BCUT2D eigenvalue weighted by molar-refractivity contribution is 1.06. The number of fused-ring (bicyclic) bond motifs is 9. The average molecular weight is 743 g/mol. The molecule has 0 spiro atoms. The molecule has 0 N–H and O–H groups in total. The van der Waals surface area contributed by atoms with E-state index in [1.165, 1.54) is 53.4 Å². The predicted molar refractivity (Wildman–Crippen MR) is 239 cm³/mol. The molecule has 266 valence electrons. The molecule has 11 aromatic rings. The lowest BCUT2D eigenvalue weighted by Crippen LogP contribution is -2.73. The van der Waals surface area contributed by atoms with Crippen molar-refractivity contribution in [2.45, 2.75) is 0 Å². The maximum atomic E-state index is 5.77. The summed E-state index contributed by atoms with van der Waals surface area (Å²) in [5, 5.41) is 10.0. The minimum absolute atomic E-state index is 0.718. The minimum Gasteiger partial charge on any atom is -0.309 e. The molecule has 12 rings (SSSR count). The third-order valence-electron chi connectivity index (χ3n) is 12.0. The summed E-state index contributed by atoms with van der Waals surface area (Å²) in [5.74, 6) is 1.65. The molecule has 57 heavy (non-hydrogen) atoms. The van der Waals surface area contributed by atoms with Crippen molar-refractivity contribution >= 4 is 72.4 Å². The van der Waals surface area contributed by atoms with Gasteiger partial charge in [-0.25, -0.2) is 9.97 Å². The Balaban J connectivity index is 1.30. The van der Waals surface area contributed by atoms with Gasteiger partial charge in [-0.1, -0.05) is 170 Å². The lowest BCUT2D eigenvalue weighted by Gasteiger charge is -2.32. The quantitative estimate of drug-likeness (QED) is 0.165. The molecular formula is C52H34N4Si. The van der Waals surface area contributed by atoms with E-state index in [2.05, 4.69) is 215 Å². The molecule has 5 heteroatoms. The molecule has 0 saturated heterocycles. The molecule has 0 amide bonds. The molecule has 1 aliphatic heterocycles. The summed E-state index contributed by atoms with van der Waals surface area (Å²) in [7, 11) is -3.02. The minimum atomic E-state index is -3.02. The smallest absolute Gasteiger partial charge is 0.187 e. The van der Waals surface area contributed by atoms with Crippen LogP contribution in [0.2, 0.25) is 0 Å². The third-order valence-corrected chi connectivity index (χ3v) is 16.8. The Kier molecular flexibility index (Phi) is 6.91. The maximum absolute atomic E-state index is 5.77. The zero-order valence-corrected chi connectivity index (χ0v) is 31.9. The van der Waals surface area contributed by atoms with Crippen LogP contribution in [0.25, 0.3) is 77.8 Å². The van der Waals surface area contributed by atoms with Crippen LogP contribution in [0.5, 0.6) is 0 Å². The van der Waals surface area contributed by atoms with Gasteiger partial charge < -0.3 is 4.57 Å². The highest BCUT2D eigenvalue weighted by Gasteiger charge is 2.52. The van der Waals surface area contributed by atoms with E-state index in [0.717, 1.165) is 45.1 Å². The third kappa shape index (κ3) is 4.49. The fourth-order valence-electron chi connectivity index (χ4n) is 9.68. The van der Waals surface area contributed by atoms with Crippen LogP contribution in [0.3, 0.4) is 0 Å². The van der Waals surface area contributed by atoms with Crippen molar-refractivity contribution in [1.82, 2.24) is 19.1 Å². The average Bonchev–Trinajstić information content (AvgIpc) is 3.90. The van der Waals surface area contributed by atoms with Crippen LogP contribution in [-0.2, 0) is 0 Å². The van der Waals surface area contributed by atoms with Gasteiger partial charge in [-0.2, -0.15) is 0 Å². The van der Waals surface area contributed by atoms with E-state index < -0.39 is 8.07 Å². The summed E-state index contributed by atoms with van der Waals surface area (Å²) in [5.41, 5.74) is 8.90. The van der Waals surface area contributed by atoms with Crippen LogP contribution >= 0.6 is 0 Å². The lowest BCUT2D eigenvalue weighted by atomic mass is 10.1.